The second-order valence-corrected chi connectivity index (χ2v) is 5.16. The van der Waals surface area contributed by atoms with Crippen LogP contribution in [0, 0.1) is 0 Å². The minimum atomic E-state index is -1.32. The Morgan fingerprint density at radius 3 is 2.60 bits per heavy atom. The van der Waals surface area contributed by atoms with Crippen molar-refractivity contribution in [1.29, 1.82) is 0 Å². The van der Waals surface area contributed by atoms with Gasteiger partial charge in [0.15, 0.2) is 12.0 Å². The van der Waals surface area contributed by atoms with Crippen LogP contribution in [0.4, 0.5) is 4.39 Å². The first-order valence-corrected chi connectivity index (χ1v) is 5.21. The monoisotopic (exact) mass is 206 g/mol. The molecular weight excluding hydrogens is 191 g/mol. The highest BCUT2D eigenvalue weighted by atomic mass is 19.1. The van der Waals surface area contributed by atoms with E-state index in [9.17, 15) is 9.18 Å². The molecule has 0 aromatic heterocycles. The topological polar surface area (TPSA) is 17.1 Å². The Morgan fingerprint density at radius 1 is 1.33 bits per heavy atom. The average molecular weight is 206 g/mol. The molecular formula is C13H15FO. The number of Topliss-reactive ketones (excluding diaryl/α,β-unsaturated/α-hetero) is 1. The molecule has 2 heteroatoms. The van der Waals surface area contributed by atoms with Gasteiger partial charge in [-0.15, -0.1) is 0 Å². The van der Waals surface area contributed by atoms with E-state index in [0.29, 0.717) is 5.56 Å². The van der Waals surface area contributed by atoms with Gasteiger partial charge in [0.1, 0.15) is 0 Å². The van der Waals surface area contributed by atoms with Crippen molar-refractivity contribution in [2.24, 2.45) is 0 Å². The lowest BCUT2D eigenvalue weighted by molar-refractivity contribution is 0.0899. The molecule has 0 spiro atoms. The highest BCUT2D eigenvalue weighted by Gasteiger charge is 2.31. The van der Waals surface area contributed by atoms with Crippen LogP contribution in [-0.2, 0) is 11.8 Å². The minimum absolute atomic E-state index is 0.0481. The molecule has 0 N–H and O–H groups in total. The molecule has 0 bridgehead atoms. The number of rotatable bonds is 0. The second kappa shape index (κ2) is 3.16. The van der Waals surface area contributed by atoms with Crippen LogP contribution in [0.5, 0.6) is 0 Å². The zero-order valence-electron chi connectivity index (χ0n) is 9.30. The molecule has 1 aromatic rings. The third-order valence-electron chi connectivity index (χ3n) is 2.92. The largest absolute Gasteiger partial charge is 0.291 e. The van der Waals surface area contributed by atoms with Crippen LogP contribution in [0.25, 0.3) is 0 Å². The molecule has 80 valence electrons. The second-order valence-electron chi connectivity index (χ2n) is 5.16. The molecule has 0 unspecified atom stereocenters. The summed E-state index contributed by atoms with van der Waals surface area (Å²) in [5.41, 5.74) is 2.63. The number of ketones is 1. The van der Waals surface area contributed by atoms with Crippen molar-refractivity contribution in [2.45, 2.75) is 38.8 Å². The first-order chi connectivity index (χ1) is 6.89. The average Bonchev–Trinajstić information content (AvgIpc) is 2.41. The SMILES string of the molecule is CC(C)(C)c1ccc2c(c1)C[C@H](F)C2=O. The Morgan fingerprint density at radius 2 is 2.00 bits per heavy atom. The van der Waals surface area contributed by atoms with Gasteiger partial charge in [0.2, 0.25) is 0 Å². The fourth-order valence-corrected chi connectivity index (χ4v) is 1.92. The third kappa shape index (κ3) is 1.69. The van der Waals surface area contributed by atoms with E-state index in [4.69, 9.17) is 0 Å². The third-order valence-corrected chi connectivity index (χ3v) is 2.92. The first kappa shape index (κ1) is 10.3. The molecule has 1 aliphatic carbocycles. The molecule has 0 radical (unpaired) electrons. The maximum atomic E-state index is 13.2. The fraction of sp³-hybridized carbons (Fsp3) is 0.462. The molecule has 0 saturated carbocycles. The molecule has 0 aliphatic heterocycles. The van der Waals surface area contributed by atoms with E-state index in [1.165, 1.54) is 0 Å². The lowest BCUT2D eigenvalue weighted by atomic mass is 9.85. The van der Waals surface area contributed by atoms with Crippen molar-refractivity contribution in [1.82, 2.24) is 0 Å². The summed E-state index contributed by atoms with van der Waals surface area (Å²) in [6.07, 6.45) is -1.08. The summed E-state index contributed by atoms with van der Waals surface area (Å²) in [4.78, 5) is 11.4. The van der Waals surface area contributed by atoms with Crippen LogP contribution < -0.4 is 0 Å². The van der Waals surface area contributed by atoms with Gasteiger partial charge in [-0.3, -0.25) is 4.79 Å². The number of hydrogen-bond acceptors (Lipinski definition) is 1. The molecule has 0 heterocycles. The highest BCUT2D eigenvalue weighted by molar-refractivity contribution is 6.03. The maximum absolute atomic E-state index is 13.2. The summed E-state index contributed by atoms with van der Waals surface area (Å²) in [5, 5.41) is 0. The predicted molar refractivity (Wildman–Crippen MR) is 58.1 cm³/mol. The number of fused-ring (bicyclic) bond motifs is 1. The zero-order valence-corrected chi connectivity index (χ0v) is 9.30. The smallest absolute Gasteiger partial charge is 0.197 e. The lowest BCUT2D eigenvalue weighted by Crippen LogP contribution is -2.11. The van der Waals surface area contributed by atoms with E-state index in [1.54, 1.807) is 6.07 Å². The van der Waals surface area contributed by atoms with Gasteiger partial charge in [-0.1, -0.05) is 39.0 Å². The van der Waals surface area contributed by atoms with E-state index in [-0.39, 0.29) is 17.6 Å². The summed E-state index contributed by atoms with van der Waals surface area (Å²) in [7, 11) is 0. The zero-order chi connectivity index (χ0) is 11.2. The van der Waals surface area contributed by atoms with E-state index < -0.39 is 6.17 Å². The van der Waals surface area contributed by atoms with Crippen molar-refractivity contribution >= 4 is 5.78 Å². The standard InChI is InChI=1S/C13H15FO/c1-13(2,3)9-4-5-10-8(6-9)7-11(14)12(10)15/h4-6,11H,7H2,1-3H3/t11-/m0/s1. The van der Waals surface area contributed by atoms with E-state index in [2.05, 4.69) is 20.8 Å². The van der Waals surface area contributed by atoms with Gasteiger partial charge in [-0.2, -0.15) is 0 Å². The number of benzene rings is 1. The maximum Gasteiger partial charge on any atom is 0.197 e. The van der Waals surface area contributed by atoms with E-state index in [0.717, 1.165) is 11.1 Å². The molecule has 0 fully saturated rings. The summed E-state index contributed by atoms with van der Waals surface area (Å²) < 4.78 is 13.2. The van der Waals surface area contributed by atoms with Crippen molar-refractivity contribution in [3.8, 4) is 0 Å². The van der Waals surface area contributed by atoms with Crippen LogP contribution in [0.3, 0.4) is 0 Å². The highest BCUT2D eigenvalue weighted by Crippen LogP contribution is 2.30. The van der Waals surface area contributed by atoms with E-state index >= 15 is 0 Å². The van der Waals surface area contributed by atoms with Crippen molar-refractivity contribution < 1.29 is 9.18 Å². The number of alkyl halides is 1. The van der Waals surface area contributed by atoms with E-state index in [1.807, 2.05) is 12.1 Å². The van der Waals surface area contributed by atoms with Crippen LogP contribution in [-0.4, -0.2) is 12.0 Å². The summed E-state index contributed by atoms with van der Waals surface area (Å²) in [6, 6.07) is 5.65. The lowest BCUT2D eigenvalue weighted by Gasteiger charge is -2.19. The van der Waals surface area contributed by atoms with Crippen molar-refractivity contribution in [2.75, 3.05) is 0 Å². The van der Waals surface area contributed by atoms with Gasteiger partial charge in [-0.05, 0) is 16.5 Å². The molecule has 1 nitrogen and oxygen atoms in total. The fourth-order valence-electron chi connectivity index (χ4n) is 1.92. The number of carbonyl (C=O) groups excluding carboxylic acids is 1. The summed E-state index contributed by atoms with van der Waals surface area (Å²) in [5.74, 6) is -0.356. The Balaban J connectivity index is 2.47. The Kier molecular flexibility index (Phi) is 2.18. The molecule has 1 atom stereocenters. The van der Waals surface area contributed by atoms with Gasteiger partial charge < -0.3 is 0 Å². The van der Waals surface area contributed by atoms with Gasteiger partial charge >= 0.3 is 0 Å². The Bertz CT molecular complexity index is 415. The molecule has 15 heavy (non-hydrogen) atoms. The Labute approximate surface area is 89.3 Å². The number of hydrogen-bond donors (Lipinski definition) is 0. The molecule has 0 amide bonds. The molecule has 1 aliphatic rings. The van der Waals surface area contributed by atoms with Crippen molar-refractivity contribution in [3.63, 3.8) is 0 Å². The predicted octanol–water partition coefficient (Wildman–Crippen LogP) is 3.06. The van der Waals surface area contributed by atoms with Crippen LogP contribution in [0.2, 0.25) is 0 Å². The number of halogens is 1. The van der Waals surface area contributed by atoms with Gasteiger partial charge in [-0.25, -0.2) is 4.39 Å². The van der Waals surface area contributed by atoms with Crippen molar-refractivity contribution in [3.05, 3.63) is 34.9 Å². The van der Waals surface area contributed by atoms with Crippen LogP contribution in [0.1, 0.15) is 42.3 Å². The van der Waals surface area contributed by atoms with Gasteiger partial charge in [0.05, 0.1) is 0 Å². The quantitative estimate of drug-likeness (QED) is 0.637. The minimum Gasteiger partial charge on any atom is -0.291 e. The molecule has 2 rings (SSSR count). The normalized spacial score (nSPS) is 20.5. The first-order valence-electron chi connectivity index (χ1n) is 5.21. The number of carbonyl (C=O) groups is 1. The van der Waals surface area contributed by atoms with Gasteiger partial charge in [0.25, 0.3) is 0 Å². The summed E-state index contributed by atoms with van der Waals surface area (Å²) in [6.45, 7) is 6.33. The van der Waals surface area contributed by atoms with Crippen LogP contribution >= 0.6 is 0 Å². The molecule has 1 aromatic carbocycles. The van der Waals surface area contributed by atoms with Crippen LogP contribution in [0.15, 0.2) is 18.2 Å². The van der Waals surface area contributed by atoms with Gasteiger partial charge in [0, 0.05) is 12.0 Å². The summed E-state index contributed by atoms with van der Waals surface area (Å²) >= 11 is 0. The molecule has 0 saturated heterocycles. The Hall–Kier alpha value is -1.18.